The summed E-state index contributed by atoms with van der Waals surface area (Å²) in [6.07, 6.45) is -3.83. The maximum absolute atomic E-state index is 16.8. The number of aliphatic hydroxyl groups is 2. The summed E-state index contributed by atoms with van der Waals surface area (Å²) in [5, 5.41) is 28.4. The van der Waals surface area contributed by atoms with Crippen molar-refractivity contribution in [2.24, 2.45) is 33.8 Å². The number of esters is 1. The van der Waals surface area contributed by atoms with Gasteiger partial charge in [0, 0.05) is 30.0 Å². The normalized spacial score (nSPS) is 33.2. The van der Waals surface area contributed by atoms with Crippen molar-refractivity contribution < 1.29 is 57.2 Å². The molecule has 0 saturated carbocycles. The summed E-state index contributed by atoms with van der Waals surface area (Å²) in [4.78, 5) is 61.6. The summed E-state index contributed by atoms with van der Waals surface area (Å²) < 4.78 is 47.1. The first kappa shape index (κ1) is 51.4. The number of halogens is 1. The maximum atomic E-state index is 16.8. The number of carbonyl (C=O) groups excluding carboxylic acids is 3. The highest BCUT2D eigenvalue weighted by Crippen LogP contribution is 2.39. The quantitative estimate of drug-likeness (QED) is 0.104. The van der Waals surface area contributed by atoms with E-state index in [0.29, 0.717) is 35.0 Å². The minimum absolute atomic E-state index is 0.0483. The average Bonchev–Trinajstić information content (AvgIpc) is 3.71. The number of ketones is 1. The van der Waals surface area contributed by atoms with Gasteiger partial charge in [-0.25, -0.2) is 24.1 Å². The molecule has 2 aliphatic heterocycles. The molecule has 1 amide bonds. The smallest absolute Gasteiger partial charge is 0.351 e. The van der Waals surface area contributed by atoms with Gasteiger partial charge in [0.25, 0.3) is 5.67 Å². The van der Waals surface area contributed by atoms with E-state index in [1.807, 2.05) is 46.7 Å². The number of rotatable bonds is 12. The number of Topliss-reactive ketones (excluding diaryl/α,β-unsaturated/α-hetero) is 1. The maximum Gasteiger partial charge on any atom is 0.351 e. The van der Waals surface area contributed by atoms with E-state index in [9.17, 15) is 24.6 Å². The average molecular weight is 889 g/mol. The molecule has 4 heterocycles. The molecule has 2 aromatic heterocycles. The van der Waals surface area contributed by atoms with Gasteiger partial charge in [-0.1, -0.05) is 52.8 Å². The van der Waals surface area contributed by atoms with Gasteiger partial charge in [0.1, 0.15) is 41.3 Å². The zero-order chi connectivity index (χ0) is 47.0. The lowest BCUT2D eigenvalue weighted by molar-refractivity contribution is -0.283. The Hall–Kier alpha value is -4.20. The number of ether oxygens (including phenoxy) is 4. The van der Waals surface area contributed by atoms with E-state index in [-0.39, 0.29) is 68.8 Å². The third kappa shape index (κ3) is 12.8. The van der Waals surface area contributed by atoms with Gasteiger partial charge < -0.3 is 49.0 Å². The first-order chi connectivity index (χ1) is 29.5. The van der Waals surface area contributed by atoms with E-state index >= 15 is 4.39 Å². The second kappa shape index (κ2) is 22.1. The molecule has 4 rings (SSSR count). The number of hydrogen-bond acceptors (Lipinski definition) is 16. The van der Waals surface area contributed by atoms with Gasteiger partial charge in [0.2, 0.25) is 11.8 Å². The Labute approximate surface area is 370 Å². The van der Waals surface area contributed by atoms with E-state index in [2.05, 4.69) is 20.1 Å². The van der Waals surface area contributed by atoms with Crippen molar-refractivity contribution in [3.05, 3.63) is 30.2 Å². The van der Waals surface area contributed by atoms with Crippen LogP contribution in [0.4, 0.5) is 10.2 Å². The van der Waals surface area contributed by atoms with Crippen LogP contribution in [0.15, 0.2) is 39.0 Å². The van der Waals surface area contributed by atoms with Gasteiger partial charge in [0.05, 0.1) is 30.6 Å². The molecule has 12 atom stereocenters. The number of nitrogens with zero attached hydrogens (tertiary/aromatic N) is 5. The third-order valence-corrected chi connectivity index (χ3v) is 12.2. The monoisotopic (exact) mass is 889 g/mol. The number of oxime groups is 1. The van der Waals surface area contributed by atoms with Crippen LogP contribution in [-0.4, -0.2) is 129 Å². The molecule has 0 aromatic carbocycles. The second-order valence-corrected chi connectivity index (χ2v) is 17.8. The zero-order valence-corrected chi connectivity index (χ0v) is 38.9. The molecule has 18 heteroatoms. The fraction of sp³-hybridized carbons (Fsp3) is 0.711. The highest BCUT2D eigenvalue weighted by molar-refractivity contribution is 6.07. The van der Waals surface area contributed by atoms with Crippen LogP contribution in [0.25, 0.3) is 11.6 Å². The molecule has 0 bridgehead atoms. The van der Waals surface area contributed by atoms with Gasteiger partial charge >= 0.3 is 5.97 Å². The highest BCUT2D eigenvalue weighted by atomic mass is 19.1. The lowest BCUT2D eigenvalue weighted by Gasteiger charge is -2.43. The van der Waals surface area contributed by atoms with E-state index < -0.39 is 71.5 Å². The van der Waals surface area contributed by atoms with E-state index in [4.69, 9.17) is 33.9 Å². The Morgan fingerprint density at radius 1 is 1.13 bits per heavy atom. The van der Waals surface area contributed by atoms with Crippen LogP contribution in [0.3, 0.4) is 0 Å². The Morgan fingerprint density at radius 2 is 1.83 bits per heavy atom. The van der Waals surface area contributed by atoms with Gasteiger partial charge in [0.15, 0.2) is 18.7 Å². The molecule has 0 radical (unpaired) electrons. The zero-order valence-electron chi connectivity index (χ0n) is 38.9. The minimum atomic E-state index is -3.19. The summed E-state index contributed by atoms with van der Waals surface area (Å²) in [7, 11) is 3.64. The molecule has 2 fully saturated rings. The van der Waals surface area contributed by atoms with Gasteiger partial charge in [-0.05, 0) is 91.4 Å². The van der Waals surface area contributed by atoms with Crippen LogP contribution in [-0.2, 0) is 44.8 Å². The first-order valence-electron chi connectivity index (χ1n) is 21.9. The van der Waals surface area contributed by atoms with E-state index in [1.165, 1.54) is 20.1 Å². The molecule has 17 nitrogen and oxygen atoms in total. The highest BCUT2D eigenvalue weighted by Gasteiger charge is 2.53. The van der Waals surface area contributed by atoms with Crippen molar-refractivity contribution >= 4 is 34.9 Å². The molecule has 2 saturated heterocycles. The van der Waals surface area contributed by atoms with E-state index in [1.54, 1.807) is 39.0 Å². The van der Waals surface area contributed by atoms with Crippen molar-refractivity contribution in [2.75, 3.05) is 26.4 Å². The molecule has 0 spiro atoms. The number of nitrogen functional groups attached to an aromatic ring is 1. The number of aliphatic hydroxyl groups excluding tert-OH is 1. The molecular weight excluding hydrogens is 820 g/mol. The number of carbonyl (C=O) groups is 3. The summed E-state index contributed by atoms with van der Waals surface area (Å²) in [5.41, 5.74) is 2.52. The number of anilines is 1. The summed E-state index contributed by atoms with van der Waals surface area (Å²) in [6, 6.07) is 4.71. The lowest BCUT2D eigenvalue weighted by atomic mass is 9.70. The molecule has 2 aromatic rings. The Kier molecular flexibility index (Phi) is 18.1. The van der Waals surface area contributed by atoms with Crippen molar-refractivity contribution in [1.82, 2.24) is 14.9 Å². The largest absolute Gasteiger partial charge is 0.457 e. The SMILES string of the molecule is CCC(=O)N=C(C(C)C)[C@H](C)[C@H]1CC/C(=N\OCc2coc(-c3cccc(N)n3)n2)COC(C)[C@H](O[C@@H]2O[C@H](C)C[C@H](N(C)C)[C@H]2O)[C@@H](C)C(=O)[C@](C)(F)C(=O)O[C@H](CC)[C@@]1(C)O. The standard InChI is InChI=1S/C45H69FN6O11/c1-13-34-45(10,57)31(26(6)37(24(3)4)50-36(53)14-2)19-18-29(51-60-23-30-22-59-41(48-30)32-16-15-17-35(47)49-32)21-58-28(8)39(27(7)40(55)44(9,46)43(56)62-34)63-42-38(54)33(52(11)12)20-25(5)61-42/h15-17,22,24-28,31,33-34,38-39,42,54,57H,13-14,18-21,23H2,1-12H3,(H2,47,49)/b50-37?,51-29+/t25-,26-,27-,28?,31-,33+,34-,38-,39-,42+,44+,45+/m1/s1. The lowest BCUT2D eigenvalue weighted by Crippen LogP contribution is -2.57. The number of amides is 1. The summed E-state index contributed by atoms with van der Waals surface area (Å²) >= 11 is 0. The van der Waals surface area contributed by atoms with Crippen LogP contribution in [0, 0.1) is 23.7 Å². The number of pyridine rings is 1. The molecule has 1 unspecified atom stereocenters. The van der Waals surface area contributed by atoms with Crippen molar-refractivity contribution in [3.8, 4) is 11.6 Å². The Bertz CT molecular complexity index is 1920. The summed E-state index contributed by atoms with van der Waals surface area (Å²) in [6.45, 7) is 15.9. The van der Waals surface area contributed by atoms with Crippen LogP contribution in [0.1, 0.15) is 107 Å². The number of hydrogen-bond donors (Lipinski definition) is 3. The van der Waals surface area contributed by atoms with Crippen LogP contribution in [0.5, 0.6) is 0 Å². The number of likely N-dealkylation sites (N-methyl/N-ethyl adjacent to an activating group) is 1. The molecule has 4 N–H and O–H groups in total. The first-order valence-corrected chi connectivity index (χ1v) is 21.9. The van der Waals surface area contributed by atoms with Crippen molar-refractivity contribution in [1.29, 1.82) is 0 Å². The van der Waals surface area contributed by atoms with Crippen molar-refractivity contribution in [2.45, 2.75) is 162 Å². The topological polar surface area (TPSA) is 231 Å². The predicted octanol–water partition coefficient (Wildman–Crippen LogP) is 5.49. The van der Waals surface area contributed by atoms with Crippen LogP contribution < -0.4 is 5.73 Å². The van der Waals surface area contributed by atoms with Crippen molar-refractivity contribution in [3.63, 3.8) is 0 Å². The van der Waals surface area contributed by atoms with Gasteiger partial charge in [-0.2, -0.15) is 0 Å². The second-order valence-electron chi connectivity index (χ2n) is 17.8. The van der Waals surface area contributed by atoms with Gasteiger partial charge in [-0.15, -0.1) is 0 Å². The number of aromatic nitrogens is 2. The number of alkyl halides is 1. The number of nitrogens with two attached hydrogens (primary N) is 1. The molecule has 63 heavy (non-hydrogen) atoms. The molecule has 0 aliphatic carbocycles. The fourth-order valence-electron chi connectivity index (χ4n) is 8.49. The van der Waals surface area contributed by atoms with Crippen LogP contribution >= 0.6 is 0 Å². The van der Waals surface area contributed by atoms with Crippen LogP contribution in [0.2, 0.25) is 0 Å². The molecular formula is C45H69FN6O11. The molecule has 2 aliphatic rings. The number of aliphatic imine (C=N–C) groups is 1. The Morgan fingerprint density at radius 3 is 2.44 bits per heavy atom. The number of cyclic esters (lactones) is 1. The van der Waals surface area contributed by atoms with E-state index in [0.717, 1.165) is 6.92 Å². The van der Waals surface area contributed by atoms with Gasteiger partial charge in [-0.3, -0.25) is 9.59 Å². The fourth-order valence-corrected chi connectivity index (χ4v) is 8.49. The molecule has 352 valence electrons. The summed E-state index contributed by atoms with van der Waals surface area (Å²) in [5.74, 6) is -5.35. The Balaban J connectivity index is 1.79. The minimum Gasteiger partial charge on any atom is -0.457 e. The number of oxazole rings is 1. The third-order valence-electron chi connectivity index (χ3n) is 12.2. The predicted molar refractivity (Wildman–Crippen MR) is 233 cm³/mol.